The van der Waals surface area contributed by atoms with Gasteiger partial charge in [-0.15, -0.1) is 0 Å². The van der Waals surface area contributed by atoms with Crippen LogP contribution in [-0.2, 0) is 21.4 Å². The Bertz CT molecular complexity index is 842. The van der Waals surface area contributed by atoms with Crippen molar-refractivity contribution < 1.29 is 14.3 Å². The molecule has 6 heteroatoms. The average Bonchev–Trinajstić information content (AvgIpc) is 2.84. The predicted octanol–water partition coefficient (Wildman–Crippen LogP) is 2.90. The molecule has 0 saturated heterocycles. The quantitative estimate of drug-likeness (QED) is 0.842. The van der Waals surface area contributed by atoms with Gasteiger partial charge in [-0.1, -0.05) is 13.8 Å². The van der Waals surface area contributed by atoms with Gasteiger partial charge in [-0.2, -0.15) is 5.10 Å². The molecule has 0 radical (unpaired) electrons. The van der Waals surface area contributed by atoms with Gasteiger partial charge in [0, 0.05) is 41.7 Å². The average molecular weight is 357 g/mol. The second-order valence-corrected chi connectivity index (χ2v) is 7.96. The van der Waals surface area contributed by atoms with Crippen molar-refractivity contribution in [2.75, 3.05) is 6.61 Å². The number of Topliss-reactive ketones (excluding diaryl/α,β-unsaturated/α-hetero) is 1. The second-order valence-electron chi connectivity index (χ2n) is 7.96. The number of dihydropyridines is 1. The van der Waals surface area contributed by atoms with E-state index in [4.69, 9.17) is 4.74 Å². The van der Waals surface area contributed by atoms with Crippen molar-refractivity contribution in [3.8, 4) is 0 Å². The third-order valence-electron chi connectivity index (χ3n) is 5.32. The predicted molar refractivity (Wildman–Crippen MR) is 98.2 cm³/mol. The molecule has 1 aromatic rings. The summed E-state index contributed by atoms with van der Waals surface area (Å²) in [7, 11) is 1.86. The third kappa shape index (κ3) is 2.97. The summed E-state index contributed by atoms with van der Waals surface area (Å²) in [6.07, 6.45) is 3.01. The van der Waals surface area contributed by atoms with E-state index in [-0.39, 0.29) is 17.2 Å². The van der Waals surface area contributed by atoms with Crippen molar-refractivity contribution in [1.29, 1.82) is 0 Å². The summed E-state index contributed by atoms with van der Waals surface area (Å²) in [5.41, 5.74) is 4.60. The third-order valence-corrected chi connectivity index (χ3v) is 5.32. The second kappa shape index (κ2) is 6.41. The number of allylic oxidation sites excluding steroid dienone is 3. The van der Waals surface area contributed by atoms with Gasteiger partial charge in [0.1, 0.15) is 0 Å². The highest BCUT2D eigenvalue weighted by atomic mass is 16.5. The molecule has 2 aliphatic rings. The molecule has 0 spiro atoms. The van der Waals surface area contributed by atoms with Crippen molar-refractivity contribution in [1.82, 2.24) is 15.1 Å². The van der Waals surface area contributed by atoms with Gasteiger partial charge in [-0.3, -0.25) is 9.48 Å². The highest BCUT2D eigenvalue weighted by Crippen LogP contribution is 2.47. The molecule has 0 saturated carbocycles. The number of aromatic nitrogens is 2. The maximum absolute atomic E-state index is 13.1. The van der Waals surface area contributed by atoms with Crippen molar-refractivity contribution in [2.24, 2.45) is 12.5 Å². The maximum Gasteiger partial charge on any atom is 0.336 e. The molecule has 0 fully saturated rings. The molecule has 1 aromatic heterocycles. The summed E-state index contributed by atoms with van der Waals surface area (Å²) in [5.74, 6) is -0.719. The molecule has 0 bridgehead atoms. The van der Waals surface area contributed by atoms with Gasteiger partial charge in [0.25, 0.3) is 0 Å². The van der Waals surface area contributed by atoms with Gasteiger partial charge in [-0.05, 0) is 32.6 Å². The van der Waals surface area contributed by atoms with E-state index in [0.29, 0.717) is 24.2 Å². The first-order chi connectivity index (χ1) is 12.2. The molecule has 0 unspecified atom stereocenters. The zero-order valence-electron chi connectivity index (χ0n) is 16.4. The fourth-order valence-electron chi connectivity index (χ4n) is 4.03. The van der Waals surface area contributed by atoms with Crippen LogP contribution in [0.1, 0.15) is 57.7 Å². The SMILES string of the molecule is CCOC(=O)C1=C(C)NC2=C(C(=O)CC(C)(C)C2)[C@H]1c1cnn(C)c1C. The lowest BCUT2D eigenvalue weighted by Crippen LogP contribution is -2.38. The van der Waals surface area contributed by atoms with E-state index >= 15 is 0 Å². The number of ether oxygens (including phenoxy) is 1. The molecule has 1 aliphatic heterocycles. The van der Waals surface area contributed by atoms with Crippen LogP contribution >= 0.6 is 0 Å². The molecular weight excluding hydrogens is 330 g/mol. The van der Waals surface area contributed by atoms with Crippen LogP contribution in [0, 0.1) is 12.3 Å². The van der Waals surface area contributed by atoms with Crippen LogP contribution < -0.4 is 5.32 Å². The minimum absolute atomic E-state index is 0.0892. The van der Waals surface area contributed by atoms with E-state index in [0.717, 1.165) is 29.1 Å². The van der Waals surface area contributed by atoms with Crippen LogP contribution in [-0.4, -0.2) is 28.1 Å². The van der Waals surface area contributed by atoms with Crippen LogP contribution in [0.25, 0.3) is 0 Å². The summed E-state index contributed by atoms with van der Waals surface area (Å²) in [6, 6.07) is 0. The Morgan fingerprint density at radius 3 is 2.65 bits per heavy atom. The minimum atomic E-state index is -0.428. The van der Waals surface area contributed by atoms with E-state index < -0.39 is 5.92 Å². The van der Waals surface area contributed by atoms with Gasteiger partial charge >= 0.3 is 5.97 Å². The molecule has 1 aliphatic carbocycles. The van der Waals surface area contributed by atoms with Crippen LogP contribution in [0.15, 0.2) is 28.7 Å². The lowest BCUT2D eigenvalue weighted by molar-refractivity contribution is -0.138. The van der Waals surface area contributed by atoms with Crippen LogP contribution in [0.2, 0.25) is 0 Å². The summed E-state index contributed by atoms with van der Waals surface area (Å²) in [6.45, 7) is 10.1. The topological polar surface area (TPSA) is 73.2 Å². The summed E-state index contributed by atoms with van der Waals surface area (Å²) in [5, 5.41) is 7.67. The van der Waals surface area contributed by atoms with Crippen LogP contribution in [0.5, 0.6) is 0 Å². The Morgan fingerprint density at radius 1 is 1.38 bits per heavy atom. The largest absolute Gasteiger partial charge is 0.463 e. The number of nitrogens with one attached hydrogen (secondary N) is 1. The number of esters is 1. The number of rotatable bonds is 3. The fourth-order valence-corrected chi connectivity index (χ4v) is 4.03. The minimum Gasteiger partial charge on any atom is -0.463 e. The normalized spacial score (nSPS) is 22.2. The van der Waals surface area contributed by atoms with Crippen LogP contribution in [0.3, 0.4) is 0 Å². The highest BCUT2D eigenvalue weighted by Gasteiger charge is 2.43. The number of carbonyl (C=O) groups excluding carboxylic acids is 2. The molecule has 0 amide bonds. The number of carbonyl (C=O) groups is 2. The summed E-state index contributed by atoms with van der Waals surface area (Å²) in [4.78, 5) is 25.8. The van der Waals surface area contributed by atoms with Gasteiger partial charge in [0.2, 0.25) is 0 Å². The number of hydrogen-bond donors (Lipinski definition) is 1. The Labute approximate surface area is 154 Å². The molecule has 26 heavy (non-hydrogen) atoms. The van der Waals surface area contributed by atoms with E-state index in [9.17, 15) is 9.59 Å². The standard InChI is InChI=1S/C20H27N3O3/c1-7-26-19(25)16-11(2)22-14-8-20(4,5)9-15(24)18(14)17(16)13-10-21-23(6)12(13)3/h10,17,22H,7-9H2,1-6H3/t17-/m0/s1. The number of aryl methyl sites for hydroxylation is 1. The Kier molecular flexibility index (Phi) is 4.54. The molecule has 2 heterocycles. The Balaban J connectivity index is 2.20. The smallest absolute Gasteiger partial charge is 0.336 e. The molecule has 6 nitrogen and oxygen atoms in total. The number of nitrogens with zero attached hydrogens (tertiary/aromatic N) is 2. The van der Waals surface area contributed by atoms with Crippen molar-refractivity contribution in [2.45, 2.75) is 53.4 Å². The first kappa shape index (κ1) is 18.4. The van der Waals surface area contributed by atoms with E-state index in [2.05, 4.69) is 24.3 Å². The molecule has 3 rings (SSSR count). The number of ketones is 1. The van der Waals surface area contributed by atoms with E-state index in [1.165, 1.54) is 0 Å². The molecule has 1 N–H and O–H groups in total. The monoisotopic (exact) mass is 357 g/mol. The van der Waals surface area contributed by atoms with Crippen molar-refractivity contribution in [3.05, 3.63) is 40.0 Å². The van der Waals surface area contributed by atoms with Gasteiger partial charge in [-0.25, -0.2) is 4.79 Å². The van der Waals surface area contributed by atoms with Crippen molar-refractivity contribution >= 4 is 11.8 Å². The van der Waals surface area contributed by atoms with Crippen molar-refractivity contribution in [3.63, 3.8) is 0 Å². The molecular formula is C20H27N3O3. The lowest BCUT2D eigenvalue weighted by Gasteiger charge is -2.39. The molecule has 1 atom stereocenters. The Morgan fingerprint density at radius 2 is 2.08 bits per heavy atom. The first-order valence-electron chi connectivity index (χ1n) is 9.06. The molecule has 0 aromatic carbocycles. The van der Waals surface area contributed by atoms with Crippen LogP contribution in [0.4, 0.5) is 0 Å². The van der Waals surface area contributed by atoms with E-state index in [1.54, 1.807) is 17.8 Å². The highest BCUT2D eigenvalue weighted by molar-refractivity contribution is 6.04. The summed E-state index contributed by atoms with van der Waals surface area (Å²) >= 11 is 0. The lowest BCUT2D eigenvalue weighted by atomic mass is 9.68. The Hall–Kier alpha value is -2.37. The maximum atomic E-state index is 13.1. The van der Waals surface area contributed by atoms with Gasteiger partial charge in [0.05, 0.1) is 24.3 Å². The summed E-state index contributed by atoms with van der Waals surface area (Å²) < 4.78 is 7.08. The van der Waals surface area contributed by atoms with Gasteiger partial charge < -0.3 is 10.1 Å². The van der Waals surface area contributed by atoms with E-state index in [1.807, 2.05) is 20.9 Å². The first-order valence-corrected chi connectivity index (χ1v) is 9.06. The number of hydrogen-bond acceptors (Lipinski definition) is 5. The molecule has 140 valence electrons. The zero-order chi connectivity index (χ0) is 19.2. The zero-order valence-corrected chi connectivity index (χ0v) is 16.4. The van der Waals surface area contributed by atoms with Gasteiger partial charge in [0.15, 0.2) is 5.78 Å². The fraction of sp³-hybridized carbons (Fsp3) is 0.550.